The van der Waals surface area contributed by atoms with Crippen LogP contribution in [0.3, 0.4) is 0 Å². The van der Waals surface area contributed by atoms with Crippen molar-refractivity contribution >= 4 is 21.9 Å². The average molecular weight is 446 g/mol. The molecular formula is C20H24F2O7S. The predicted octanol–water partition coefficient (Wildman–Crippen LogP) is 3.72. The van der Waals surface area contributed by atoms with Crippen LogP contribution in [0, 0.1) is 11.8 Å². The lowest BCUT2D eigenvalue weighted by molar-refractivity contribution is -0.134. The number of alkyl halides is 2. The number of rotatable bonds is 7. The SMILES string of the molecule is O=C(OC12CCCC(CC(CCC(=O)C(F)(F)S(=O)(=O)O)C1)C2)c1ccccc1O. The van der Waals surface area contributed by atoms with E-state index in [1.807, 2.05) is 0 Å². The summed E-state index contributed by atoms with van der Waals surface area (Å²) >= 11 is 0. The Morgan fingerprint density at radius 1 is 1.23 bits per heavy atom. The van der Waals surface area contributed by atoms with Crippen molar-refractivity contribution in [2.45, 2.75) is 62.2 Å². The van der Waals surface area contributed by atoms with Gasteiger partial charge < -0.3 is 9.84 Å². The molecule has 1 aromatic carbocycles. The first-order chi connectivity index (χ1) is 13.9. The van der Waals surface area contributed by atoms with Gasteiger partial charge in [0.15, 0.2) is 0 Å². The van der Waals surface area contributed by atoms with E-state index in [1.165, 1.54) is 12.1 Å². The fourth-order valence-electron chi connectivity index (χ4n) is 4.79. The van der Waals surface area contributed by atoms with Gasteiger partial charge in [0.1, 0.15) is 16.9 Å². The molecule has 3 rings (SSSR count). The van der Waals surface area contributed by atoms with E-state index in [-0.39, 0.29) is 29.6 Å². The van der Waals surface area contributed by atoms with Gasteiger partial charge in [0, 0.05) is 6.42 Å². The zero-order valence-electron chi connectivity index (χ0n) is 16.2. The van der Waals surface area contributed by atoms with Crippen molar-refractivity contribution in [1.82, 2.24) is 0 Å². The topological polar surface area (TPSA) is 118 Å². The Hall–Kier alpha value is -2.07. The fourth-order valence-corrected chi connectivity index (χ4v) is 5.18. The number of esters is 1. The van der Waals surface area contributed by atoms with E-state index < -0.39 is 39.1 Å². The summed E-state index contributed by atoms with van der Waals surface area (Å²) in [5.74, 6) is -2.71. The second-order valence-corrected chi connectivity index (χ2v) is 9.77. The highest BCUT2D eigenvalue weighted by atomic mass is 32.2. The number of para-hydroxylation sites is 1. The third kappa shape index (κ3) is 4.64. The minimum absolute atomic E-state index is 0.0102. The van der Waals surface area contributed by atoms with Crippen molar-refractivity contribution in [3.05, 3.63) is 29.8 Å². The van der Waals surface area contributed by atoms with E-state index >= 15 is 0 Å². The molecule has 0 amide bonds. The molecule has 3 unspecified atom stereocenters. The number of halogens is 2. The molecule has 2 saturated carbocycles. The van der Waals surface area contributed by atoms with Gasteiger partial charge in [-0.3, -0.25) is 9.35 Å². The van der Waals surface area contributed by atoms with Gasteiger partial charge in [0.05, 0.1) is 0 Å². The van der Waals surface area contributed by atoms with E-state index in [4.69, 9.17) is 9.29 Å². The first-order valence-electron chi connectivity index (χ1n) is 9.83. The molecule has 0 saturated heterocycles. The highest BCUT2D eigenvalue weighted by Gasteiger charge is 2.52. The second kappa shape index (κ2) is 8.22. The van der Waals surface area contributed by atoms with Crippen molar-refractivity contribution in [2.75, 3.05) is 0 Å². The molecule has 2 N–H and O–H groups in total. The zero-order valence-corrected chi connectivity index (χ0v) is 17.0. The normalized spacial score (nSPS) is 26.8. The van der Waals surface area contributed by atoms with Crippen LogP contribution >= 0.6 is 0 Å². The van der Waals surface area contributed by atoms with Crippen LogP contribution in [0.2, 0.25) is 0 Å². The van der Waals surface area contributed by atoms with E-state index in [2.05, 4.69) is 0 Å². The lowest BCUT2D eigenvalue weighted by atomic mass is 9.64. The Morgan fingerprint density at radius 2 is 1.93 bits per heavy atom. The third-order valence-electron chi connectivity index (χ3n) is 6.09. The number of hydrogen-bond donors (Lipinski definition) is 2. The average Bonchev–Trinajstić information content (AvgIpc) is 2.64. The molecule has 7 nitrogen and oxygen atoms in total. The van der Waals surface area contributed by atoms with E-state index in [0.717, 1.165) is 12.8 Å². The quantitative estimate of drug-likeness (QED) is 0.484. The first-order valence-corrected chi connectivity index (χ1v) is 11.3. The molecule has 0 aliphatic heterocycles. The van der Waals surface area contributed by atoms with E-state index in [9.17, 15) is 31.9 Å². The van der Waals surface area contributed by atoms with E-state index in [1.54, 1.807) is 12.1 Å². The maximum absolute atomic E-state index is 13.5. The summed E-state index contributed by atoms with van der Waals surface area (Å²) in [6.07, 6.45) is 3.29. The number of carbonyl (C=O) groups is 2. The van der Waals surface area contributed by atoms with Crippen molar-refractivity contribution in [3.63, 3.8) is 0 Å². The molecule has 2 aliphatic carbocycles. The zero-order chi connectivity index (χ0) is 22.2. The minimum Gasteiger partial charge on any atom is -0.507 e. The Kier molecular flexibility index (Phi) is 6.20. The molecule has 3 atom stereocenters. The number of fused-ring (bicyclic) bond motifs is 2. The Labute approximate surface area is 173 Å². The molecular weight excluding hydrogens is 422 g/mol. The molecule has 30 heavy (non-hydrogen) atoms. The summed E-state index contributed by atoms with van der Waals surface area (Å²) in [7, 11) is -5.81. The fraction of sp³-hybridized carbons (Fsp3) is 0.600. The number of Topliss-reactive ketones (excluding diaryl/α,β-unsaturated/α-hetero) is 1. The summed E-state index contributed by atoms with van der Waals surface area (Å²) in [5, 5.41) is 5.07. The summed E-state index contributed by atoms with van der Waals surface area (Å²) in [6.45, 7) is 0. The smallest absolute Gasteiger partial charge is 0.426 e. The van der Waals surface area contributed by atoms with Gasteiger partial charge in [-0.05, 0) is 62.5 Å². The lowest BCUT2D eigenvalue weighted by Crippen LogP contribution is -2.46. The van der Waals surface area contributed by atoms with Crippen LogP contribution in [-0.4, -0.2) is 40.7 Å². The molecule has 0 heterocycles. The highest BCUT2D eigenvalue weighted by molar-refractivity contribution is 7.87. The highest BCUT2D eigenvalue weighted by Crippen LogP contribution is 2.49. The van der Waals surface area contributed by atoms with Crippen LogP contribution < -0.4 is 0 Å². The number of ketones is 1. The molecule has 10 heteroatoms. The van der Waals surface area contributed by atoms with Crippen molar-refractivity contribution in [2.24, 2.45) is 11.8 Å². The number of phenolic OH excluding ortho intramolecular Hbond substituents is 1. The molecule has 2 fully saturated rings. The largest absolute Gasteiger partial charge is 0.507 e. The van der Waals surface area contributed by atoms with Crippen molar-refractivity contribution < 1.29 is 41.2 Å². The molecule has 2 bridgehead atoms. The Morgan fingerprint density at radius 3 is 2.60 bits per heavy atom. The van der Waals surface area contributed by atoms with E-state index in [0.29, 0.717) is 25.7 Å². The summed E-state index contributed by atoms with van der Waals surface area (Å²) in [4.78, 5) is 24.3. The molecule has 166 valence electrons. The Balaban J connectivity index is 1.69. The molecule has 1 aromatic rings. The summed E-state index contributed by atoms with van der Waals surface area (Å²) in [6, 6.07) is 6.01. The Bertz CT molecular complexity index is 931. The second-order valence-electron chi connectivity index (χ2n) is 8.31. The lowest BCUT2D eigenvalue weighted by Gasteiger charge is -2.47. The van der Waals surface area contributed by atoms with Gasteiger partial charge in [0.2, 0.25) is 5.78 Å². The van der Waals surface area contributed by atoms with Crippen molar-refractivity contribution in [3.8, 4) is 5.75 Å². The predicted molar refractivity (Wildman–Crippen MR) is 102 cm³/mol. The van der Waals surface area contributed by atoms with Gasteiger partial charge in [-0.1, -0.05) is 18.6 Å². The van der Waals surface area contributed by atoms with Gasteiger partial charge in [-0.15, -0.1) is 0 Å². The van der Waals surface area contributed by atoms with Crippen LogP contribution in [0.1, 0.15) is 61.7 Å². The molecule has 0 radical (unpaired) electrons. The maximum Gasteiger partial charge on any atom is 0.426 e. The minimum atomic E-state index is -5.81. The van der Waals surface area contributed by atoms with Gasteiger partial charge in [-0.2, -0.15) is 17.2 Å². The van der Waals surface area contributed by atoms with Crippen LogP contribution in [0.15, 0.2) is 24.3 Å². The molecule has 0 aromatic heterocycles. The number of carbonyl (C=O) groups excluding carboxylic acids is 2. The standard InChI is InChI=1S/C20H24F2O7S/c21-20(22,30(26,27)28)17(24)8-7-14-10-13-4-3-9-19(11-13,12-14)29-18(25)15-5-1-2-6-16(15)23/h1-2,5-6,13-14,23H,3-4,7-12H2,(H,26,27,28). The number of benzene rings is 1. The van der Waals surface area contributed by atoms with Gasteiger partial charge >= 0.3 is 21.3 Å². The first kappa shape index (κ1) is 22.6. The molecule has 2 aliphatic rings. The van der Waals surface area contributed by atoms with Crippen LogP contribution in [0.25, 0.3) is 0 Å². The monoisotopic (exact) mass is 446 g/mol. The summed E-state index contributed by atoms with van der Waals surface area (Å²) < 4.78 is 62.9. The number of phenols is 1. The number of hydrogen-bond acceptors (Lipinski definition) is 6. The van der Waals surface area contributed by atoms with Crippen molar-refractivity contribution in [1.29, 1.82) is 0 Å². The summed E-state index contributed by atoms with van der Waals surface area (Å²) in [5.41, 5.74) is -0.765. The van der Waals surface area contributed by atoms with Gasteiger partial charge in [0.25, 0.3) is 0 Å². The number of ether oxygens (including phenoxy) is 1. The van der Waals surface area contributed by atoms with Crippen LogP contribution in [0.4, 0.5) is 8.78 Å². The number of aromatic hydroxyl groups is 1. The maximum atomic E-state index is 13.5. The third-order valence-corrected chi connectivity index (χ3v) is 6.97. The molecule has 0 spiro atoms. The van der Waals surface area contributed by atoms with Gasteiger partial charge in [-0.25, -0.2) is 4.79 Å². The van der Waals surface area contributed by atoms with Crippen LogP contribution in [0.5, 0.6) is 5.75 Å². The van der Waals surface area contributed by atoms with Crippen LogP contribution in [-0.2, 0) is 19.6 Å².